The summed E-state index contributed by atoms with van der Waals surface area (Å²) in [5.41, 5.74) is 6.21. The smallest absolute Gasteiger partial charge is 0.120 e. The topological polar surface area (TPSA) is 36.4 Å². The molecule has 1 heterocycles. The van der Waals surface area contributed by atoms with Gasteiger partial charge in [-0.25, -0.2) is 4.98 Å². The first-order valence-electron chi connectivity index (χ1n) is 8.41. The molecule has 1 aromatic heterocycles. The van der Waals surface area contributed by atoms with Gasteiger partial charge in [-0.1, -0.05) is 35.9 Å². The van der Waals surface area contributed by atoms with E-state index in [4.69, 9.17) is 4.98 Å². The van der Waals surface area contributed by atoms with Crippen LogP contribution in [0.3, 0.4) is 0 Å². The molecule has 3 nitrogen and oxygen atoms in total. The van der Waals surface area contributed by atoms with Crippen LogP contribution in [0.15, 0.2) is 66.7 Å². The van der Waals surface area contributed by atoms with Crippen molar-refractivity contribution < 1.29 is 5.11 Å². The highest BCUT2D eigenvalue weighted by molar-refractivity contribution is 6.02. The molecule has 4 rings (SSSR count). The molecule has 0 fully saturated rings. The Labute approximate surface area is 147 Å². The molecular formula is C22H20N2O. The number of nitrogens with zero attached hydrogens (tertiary/aromatic N) is 2. The number of aliphatic hydroxyl groups is 1. The maximum atomic E-state index is 10.1. The zero-order valence-electron chi connectivity index (χ0n) is 14.4. The summed E-state index contributed by atoms with van der Waals surface area (Å²) in [5.74, 6) is 0. The van der Waals surface area contributed by atoms with E-state index in [1.807, 2.05) is 41.3 Å². The fourth-order valence-electron chi connectivity index (χ4n) is 3.37. The van der Waals surface area contributed by atoms with E-state index in [2.05, 4.69) is 44.2 Å². The lowest BCUT2D eigenvalue weighted by Gasteiger charge is -2.26. The number of rotatable bonds is 3. The Morgan fingerprint density at radius 2 is 1.64 bits per heavy atom. The largest absolute Gasteiger partial charge is 0.376 e. The van der Waals surface area contributed by atoms with Crippen molar-refractivity contribution in [1.82, 2.24) is 4.98 Å². The first-order chi connectivity index (χ1) is 12.2. The maximum Gasteiger partial charge on any atom is 0.120 e. The molecule has 0 radical (unpaired) electrons. The van der Waals surface area contributed by atoms with Crippen LogP contribution in [-0.4, -0.2) is 16.8 Å². The zero-order chi connectivity index (χ0) is 17.4. The van der Waals surface area contributed by atoms with Gasteiger partial charge in [0.2, 0.25) is 0 Å². The molecule has 0 aliphatic rings. The summed E-state index contributed by atoms with van der Waals surface area (Å²) in [4.78, 5) is 6.75. The van der Waals surface area contributed by atoms with Gasteiger partial charge in [0, 0.05) is 16.5 Å². The van der Waals surface area contributed by atoms with Gasteiger partial charge in [0.05, 0.1) is 16.7 Å². The van der Waals surface area contributed by atoms with E-state index in [9.17, 15) is 5.11 Å². The summed E-state index contributed by atoms with van der Waals surface area (Å²) in [5, 5.41) is 12.2. The summed E-state index contributed by atoms with van der Waals surface area (Å²) >= 11 is 0. The van der Waals surface area contributed by atoms with E-state index in [1.54, 1.807) is 0 Å². The Morgan fingerprint density at radius 3 is 2.40 bits per heavy atom. The molecule has 0 atom stereocenters. The van der Waals surface area contributed by atoms with Crippen molar-refractivity contribution in [3.8, 4) is 0 Å². The van der Waals surface area contributed by atoms with Crippen molar-refractivity contribution in [2.45, 2.75) is 13.8 Å². The molecule has 0 bridgehead atoms. The fraction of sp³-hybridized carbons (Fsp3) is 0.136. The number of hydrogen-bond acceptors (Lipinski definition) is 3. The Bertz CT molecular complexity index is 1060. The molecule has 4 aromatic rings. The number of anilines is 2. The van der Waals surface area contributed by atoms with Crippen LogP contribution in [0.25, 0.3) is 21.8 Å². The van der Waals surface area contributed by atoms with E-state index < -0.39 is 0 Å². The average Bonchev–Trinajstić information content (AvgIpc) is 2.63. The number of fused-ring (bicyclic) bond motifs is 2. The van der Waals surface area contributed by atoms with E-state index >= 15 is 0 Å². The molecule has 0 aliphatic carbocycles. The van der Waals surface area contributed by atoms with Gasteiger partial charge in [-0.05, 0) is 55.8 Å². The highest BCUT2D eigenvalue weighted by atomic mass is 16.3. The van der Waals surface area contributed by atoms with Crippen molar-refractivity contribution in [3.63, 3.8) is 0 Å². The van der Waals surface area contributed by atoms with Crippen LogP contribution in [0.5, 0.6) is 0 Å². The number of benzene rings is 3. The van der Waals surface area contributed by atoms with Gasteiger partial charge in [0.25, 0.3) is 0 Å². The molecule has 25 heavy (non-hydrogen) atoms. The minimum Gasteiger partial charge on any atom is -0.376 e. The van der Waals surface area contributed by atoms with Gasteiger partial charge in [0.15, 0.2) is 0 Å². The predicted molar refractivity (Wildman–Crippen MR) is 104 cm³/mol. The van der Waals surface area contributed by atoms with Crippen LogP contribution >= 0.6 is 0 Å². The van der Waals surface area contributed by atoms with E-state index in [0.717, 1.165) is 38.7 Å². The molecule has 1 N–H and O–H groups in total. The highest BCUT2D eigenvalue weighted by Gasteiger charge is 2.15. The number of aryl methyl sites for hydroxylation is 2. The Kier molecular flexibility index (Phi) is 3.86. The fourth-order valence-corrected chi connectivity index (χ4v) is 3.37. The van der Waals surface area contributed by atoms with Gasteiger partial charge in [0.1, 0.15) is 6.73 Å². The Hall–Kier alpha value is -2.91. The number of hydrogen-bond donors (Lipinski definition) is 1. The quantitative estimate of drug-likeness (QED) is 0.420. The molecule has 0 amide bonds. The van der Waals surface area contributed by atoms with Crippen LogP contribution in [0.1, 0.15) is 11.1 Å². The van der Waals surface area contributed by atoms with Crippen molar-refractivity contribution in [1.29, 1.82) is 0 Å². The first-order valence-corrected chi connectivity index (χ1v) is 8.41. The third kappa shape index (κ3) is 2.73. The minimum atomic E-state index is -0.0875. The predicted octanol–water partition coefficient (Wildman–Crippen LogP) is 5.09. The Morgan fingerprint density at radius 1 is 0.880 bits per heavy atom. The highest BCUT2D eigenvalue weighted by Crippen LogP contribution is 2.35. The van der Waals surface area contributed by atoms with Crippen LogP contribution in [-0.2, 0) is 0 Å². The number of pyridine rings is 1. The number of aromatic nitrogens is 1. The second kappa shape index (κ2) is 6.19. The molecule has 3 heteroatoms. The van der Waals surface area contributed by atoms with Crippen molar-refractivity contribution in [2.75, 3.05) is 11.6 Å². The Balaban J connectivity index is 2.02. The monoisotopic (exact) mass is 328 g/mol. The molecule has 3 aromatic carbocycles. The van der Waals surface area contributed by atoms with E-state index in [-0.39, 0.29) is 6.73 Å². The lowest BCUT2D eigenvalue weighted by Crippen LogP contribution is -2.19. The van der Waals surface area contributed by atoms with Gasteiger partial charge in [-0.15, -0.1) is 0 Å². The van der Waals surface area contributed by atoms with E-state index in [0.29, 0.717) is 0 Å². The molecule has 0 unspecified atom stereocenters. The average molecular weight is 328 g/mol. The summed E-state index contributed by atoms with van der Waals surface area (Å²) in [6.45, 7) is 4.07. The van der Waals surface area contributed by atoms with Crippen molar-refractivity contribution in [2.24, 2.45) is 0 Å². The van der Waals surface area contributed by atoms with Crippen molar-refractivity contribution in [3.05, 3.63) is 77.9 Å². The van der Waals surface area contributed by atoms with Crippen LogP contribution < -0.4 is 4.90 Å². The van der Waals surface area contributed by atoms with Crippen molar-refractivity contribution >= 4 is 33.2 Å². The van der Waals surface area contributed by atoms with Crippen LogP contribution in [0, 0.1) is 13.8 Å². The molecular weight excluding hydrogens is 308 g/mol. The third-order valence-electron chi connectivity index (χ3n) is 4.60. The lowest BCUT2D eigenvalue weighted by atomic mass is 10.0. The summed E-state index contributed by atoms with van der Waals surface area (Å²) in [6.07, 6.45) is 0. The van der Waals surface area contributed by atoms with Gasteiger partial charge in [-0.2, -0.15) is 0 Å². The maximum absolute atomic E-state index is 10.1. The van der Waals surface area contributed by atoms with Gasteiger partial charge in [-0.3, -0.25) is 0 Å². The third-order valence-corrected chi connectivity index (χ3v) is 4.60. The van der Waals surface area contributed by atoms with Gasteiger partial charge < -0.3 is 10.0 Å². The second-order valence-electron chi connectivity index (χ2n) is 6.39. The normalized spacial score (nSPS) is 11.2. The molecule has 124 valence electrons. The summed E-state index contributed by atoms with van der Waals surface area (Å²) in [7, 11) is 0. The SMILES string of the molecule is Cc1ccc2nc3ccc(C)c(N(CO)c4ccccc4)c3cc2c1. The van der Waals surface area contributed by atoms with Crippen LogP contribution in [0.2, 0.25) is 0 Å². The lowest BCUT2D eigenvalue weighted by molar-refractivity contribution is 0.305. The molecule has 0 spiro atoms. The van der Waals surface area contributed by atoms with E-state index in [1.165, 1.54) is 5.56 Å². The van der Waals surface area contributed by atoms with Crippen LogP contribution in [0.4, 0.5) is 11.4 Å². The molecule has 0 aliphatic heterocycles. The minimum absolute atomic E-state index is 0.0875. The zero-order valence-corrected chi connectivity index (χ0v) is 14.4. The summed E-state index contributed by atoms with van der Waals surface area (Å²) in [6, 6.07) is 22.5. The second-order valence-corrected chi connectivity index (χ2v) is 6.39. The first kappa shape index (κ1) is 15.6. The number of aliphatic hydroxyl groups excluding tert-OH is 1. The van der Waals surface area contributed by atoms with Gasteiger partial charge >= 0.3 is 0 Å². The summed E-state index contributed by atoms with van der Waals surface area (Å²) < 4.78 is 0. The number of para-hydroxylation sites is 1. The molecule has 0 saturated heterocycles. The molecule has 0 saturated carbocycles. The standard InChI is InChI=1S/C22H20N2O/c1-15-8-10-20-17(12-15)13-19-21(23-20)11-9-16(2)22(19)24(14-25)18-6-4-3-5-7-18/h3-13,25H,14H2,1-2H3.